The zero-order valence-corrected chi connectivity index (χ0v) is 8.55. The molecule has 3 unspecified atom stereocenters. The van der Waals surface area contributed by atoms with Gasteiger partial charge < -0.3 is 0 Å². The topological polar surface area (TPSA) is 0 Å². The number of rotatable bonds is 4. The zero-order valence-electron chi connectivity index (χ0n) is 8.55. The van der Waals surface area contributed by atoms with Gasteiger partial charge in [-0.25, -0.2) is 0 Å². The Bertz CT molecular complexity index is 141. The molecule has 0 aromatic rings. The van der Waals surface area contributed by atoms with Gasteiger partial charge in [0.25, 0.3) is 0 Å². The molecule has 2 aliphatic carbocycles. The summed E-state index contributed by atoms with van der Waals surface area (Å²) in [6.45, 7) is 4.78. The summed E-state index contributed by atoms with van der Waals surface area (Å²) in [7, 11) is 0. The van der Waals surface area contributed by atoms with E-state index in [1.165, 1.54) is 19.3 Å². The van der Waals surface area contributed by atoms with E-state index in [-0.39, 0.29) is 0 Å². The molecule has 0 spiro atoms. The van der Waals surface area contributed by atoms with Gasteiger partial charge in [0, 0.05) is 0 Å². The molecule has 0 aromatic carbocycles. The Morgan fingerprint density at radius 1 is 1.33 bits per heavy atom. The maximum Gasteiger partial charge on any atom is -0.0355 e. The predicted octanol–water partition coefficient (Wildman–Crippen LogP) is 3.86. The quantitative estimate of drug-likeness (QED) is 0.595. The van der Waals surface area contributed by atoms with Crippen molar-refractivity contribution in [2.75, 3.05) is 0 Å². The molecule has 0 amide bonds. The van der Waals surface area contributed by atoms with Crippen molar-refractivity contribution in [1.82, 2.24) is 0 Å². The molecule has 70 valence electrons. The van der Waals surface area contributed by atoms with Crippen molar-refractivity contribution in [2.24, 2.45) is 23.7 Å². The molecule has 0 nitrogen and oxygen atoms in total. The van der Waals surface area contributed by atoms with E-state index in [1.807, 2.05) is 0 Å². The van der Waals surface area contributed by atoms with Crippen LogP contribution >= 0.6 is 0 Å². The summed E-state index contributed by atoms with van der Waals surface area (Å²) in [6, 6.07) is 0. The zero-order chi connectivity index (χ0) is 8.55. The molecule has 0 aromatic heterocycles. The highest BCUT2D eigenvalue weighted by Gasteiger charge is 2.43. The first kappa shape index (κ1) is 8.59. The maximum absolute atomic E-state index is 2.44. The first-order valence-electron chi connectivity index (χ1n) is 5.83. The van der Waals surface area contributed by atoms with Crippen LogP contribution in [-0.4, -0.2) is 0 Å². The SMILES string of the molecule is CCCC(C1CCC1)C1CC1C. The lowest BCUT2D eigenvalue weighted by atomic mass is 9.72. The molecular weight excluding hydrogens is 144 g/mol. The summed E-state index contributed by atoms with van der Waals surface area (Å²) in [6.07, 6.45) is 9.08. The Balaban J connectivity index is 1.84. The minimum absolute atomic E-state index is 1.07. The van der Waals surface area contributed by atoms with Gasteiger partial charge in [-0.1, -0.05) is 46.0 Å². The van der Waals surface area contributed by atoms with E-state index in [2.05, 4.69) is 13.8 Å². The monoisotopic (exact) mass is 166 g/mol. The van der Waals surface area contributed by atoms with Crippen LogP contribution in [0.25, 0.3) is 0 Å². The normalized spacial score (nSPS) is 37.5. The molecule has 0 saturated heterocycles. The smallest absolute Gasteiger partial charge is 0.0355 e. The summed E-state index contributed by atoms with van der Waals surface area (Å²) in [4.78, 5) is 0. The highest BCUT2D eigenvalue weighted by molar-refractivity contribution is 4.93. The second kappa shape index (κ2) is 3.40. The van der Waals surface area contributed by atoms with Gasteiger partial charge in [-0.05, 0) is 30.1 Å². The van der Waals surface area contributed by atoms with Crippen LogP contribution in [-0.2, 0) is 0 Å². The molecule has 0 N–H and O–H groups in total. The van der Waals surface area contributed by atoms with E-state index in [4.69, 9.17) is 0 Å². The van der Waals surface area contributed by atoms with E-state index >= 15 is 0 Å². The molecule has 0 aliphatic heterocycles. The summed E-state index contributed by atoms with van der Waals surface area (Å²) < 4.78 is 0. The minimum atomic E-state index is 1.07. The lowest BCUT2D eigenvalue weighted by molar-refractivity contribution is 0.168. The number of hydrogen-bond acceptors (Lipinski definition) is 0. The molecule has 2 aliphatic rings. The third-order valence-corrected chi connectivity index (χ3v) is 4.10. The second-order valence-corrected chi connectivity index (χ2v) is 5.02. The Hall–Kier alpha value is 0. The van der Waals surface area contributed by atoms with Crippen molar-refractivity contribution in [3.8, 4) is 0 Å². The summed E-state index contributed by atoms with van der Waals surface area (Å²) in [5.41, 5.74) is 0. The molecule has 0 heterocycles. The Kier molecular flexibility index (Phi) is 2.43. The van der Waals surface area contributed by atoms with Gasteiger partial charge in [0.1, 0.15) is 0 Å². The largest absolute Gasteiger partial charge is 0.0654 e. The lowest BCUT2D eigenvalue weighted by Crippen LogP contribution is -2.23. The summed E-state index contributed by atoms with van der Waals surface area (Å²) >= 11 is 0. The van der Waals surface area contributed by atoms with Crippen LogP contribution in [0.2, 0.25) is 0 Å². The third-order valence-electron chi connectivity index (χ3n) is 4.10. The average molecular weight is 166 g/mol. The van der Waals surface area contributed by atoms with E-state index in [0.29, 0.717) is 0 Å². The first-order chi connectivity index (χ1) is 5.83. The number of hydrogen-bond donors (Lipinski definition) is 0. The molecular formula is C12H22. The molecule has 12 heavy (non-hydrogen) atoms. The van der Waals surface area contributed by atoms with E-state index in [0.717, 1.165) is 23.7 Å². The van der Waals surface area contributed by atoms with Crippen molar-refractivity contribution >= 4 is 0 Å². The van der Waals surface area contributed by atoms with Gasteiger partial charge in [0.05, 0.1) is 0 Å². The van der Waals surface area contributed by atoms with Crippen molar-refractivity contribution < 1.29 is 0 Å². The Morgan fingerprint density at radius 3 is 2.33 bits per heavy atom. The molecule has 0 radical (unpaired) electrons. The molecule has 2 fully saturated rings. The minimum Gasteiger partial charge on any atom is -0.0654 e. The van der Waals surface area contributed by atoms with Crippen molar-refractivity contribution in [3.05, 3.63) is 0 Å². The van der Waals surface area contributed by atoms with Crippen molar-refractivity contribution in [2.45, 2.75) is 52.4 Å². The Morgan fingerprint density at radius 2 is 2.00 bits per heavy atom. The molecule has 2 saturated carbocycles. The summed E-state index contributed by atoms with van der Waals surface area (Å²) in [5, 5.41) is 0. The van der Waals surface area contributed by atoms with Crippen molar-refractivity contribution in [1.29, 1.82) is 0 Å². The van der Waals surface area contributed by atoms with Gasteiger partial charge in [-0.3, -0.25) is 0 Å². The van der Waals surface area contributed by atoms with Crippen LogP contribution in [0, 0.1) is 23.7 Å². The Labute approximate surface area is 76.7 Å². The second-order valence-electron chi connectivity index (χ2n) is 5.02. The van der Waals surface area contributed by atoms with Crippen LogP contribution in [0.5, 0.6) is 0 Å². The summed E-state index contributed by atoms with van der Waals surface area (Å²) in [5.74, 6) is 4.47. The van der Waals surface area contributed by atoms with Crippen LogP contribution < -0.4 is 0 Å². The molecule has 2 rings (SSSR count). The fourth-order valence-corrected chi connectivity index (χ4v) is 2.95. The van der Waals surface area contributed by atoms with Gasteiger partial charge in [0.2, 0.25) is 0 Å². The fourth-order valence-electron chi connectivity index (χ4n) is 2.95. The van der Waals surface area contributed by atoms with E-state index in [1.54, 1.807) is 19.3 Å². The highest BCUT2D eigenvalue weighted by atomic mass is 14.5. The van der Waals surface area contributed by atoms with Gasteiger partial charge >= 0.3 is 0 Å². The van der Waals surface area contributed by atoms with E-state index in [9.17, 15) is 0 Å². The predicted molar refractivity (Wildman–Crippen MR) is 53.0 cm³/mol. The first-order valence-corrected chi connectivity index (χ1v) is 5.83. The third kappa shape index (κ3) is 1.53. The highest BCUT2D eigenvalue weighted by Crippen LogP contribution is 2.52. The van der Waals surface area contributed by atoms with Crippen LogP contribution in [0.15, 0.2) is 0 Å². The van der Waals surface area contributed by atoms with Crippen LogP contribution in [0.4, 0.5) is 0 Å². The van der Waals surface area contributed by atoms with Gasteiger partial charge in [-0.2, -0.15) is 0 Å². The molecule has 3 atom stereocenters. The van der Waals surface area contributed by atoms with E-state index < -0.39 is 0 Å². The van der Waals surface area contributed by atoms with Crippen LogP contribution in [0.1, 0.15) is 52.4 Å². The maximum atomic E-state index is 2.44. The fraction of sp³-hybridized carbons (Fsp3) is 1.00. The standard InChI is InChI=1S/C12H22/c1-3-5-11(10-6-4-7-10)12-8-9(12)2/h9-12H,3-8H2,1-2H3. The van der Waals surface area contributed by atoms with Gasteiger partial charge in [-0.15, -0.1) is 0 Å². The molecule has 0 bridgehead atoms. The van der Waals surface area contributed by atoms with Crippen LogP contribution in [0.3, 0.4) is 0 Å². The van der Waals surface area contributed by atoms with Crippen molar-refractivity contribution in [3.63, 3.8) is 0 Å². The average Bonchev–Trinajstić information content (AvgIpc) is 2.62. The molecule has 0 heteroatoms. The van der Waals surface area contributed by atoms with Gasteiger partial charge in [0.15, 0.2) is 0 Å². The lowest BCUT2D eigenvalue weighted by Gasteiger charge is -2.34.